The first-order valence-electron chi connectivity index (χ1n) is 8.38. The van der Waals surface area contributed by atoms with Gasteiger partial charge in [0.15, 0.2) is 0 Å². The summed E-state index contributed by atoms with van der Waals surface area (Å²) in [6.45, 7) is 0. The Labute approximate surface area is 155 Å². The Bertz CT molecular complexity index is 953. The van der Waals surface area contributed by atoms with Gasteiger partial charge in [-0.25, -0.2) is 4.39 Å². The molecule has 1 aliphatic rings. The molecule has 27 heavy (non-hydrogen) atoms. The van der Waals surface area contributed by atoms with Gasteiger partial charge < -0.3 is 10.1 Å². The topological polar surface area (TPSA) is 84.8 Å². The third-order valence-electron chi connectivity index (χ3n) is 4.45. The van der Waals surface area contributed by atoms with Crippen LogP contribution in [0.5, 0.6) is 5.75 Å². The van der Waals surface area contributed by atoms with Gasteiger partial charge in [-0.2, -0.15) is 0 Å². The van der Waals surface area contributed by atoms with Crippen LogP contribution in [-0.2, 0) is 9.59 Å². The number of carbonyl (C=O) groups is 2. The van der Waals surface area contributed by atoms with Crippen molar-refractivity contribution < 1.29 is 18.7 Å². The lowest BCUT2D eigenvalue weighted by molar-refractivity contribution is -0.116. The van der Waals surface area contributed by atoms with Crippen molar-refractivity contribution in [1.82, 2.24) is 0 Å². The van der Waals surface area contributed by atoms with E-state index in [-0.39, 0.29) is 16.8 Å². The molecule has 0 bridgehead atoms. The lowest BCUT2D eigenvalue weighted by atomic mass is 10.0. The Morgan fingerprint density at radius 3 is 2.52 bits per heavy atom. The number of amides is 2. The Morgan fingerprint density at radius 1 is 1.07 bits per heavy atom. The van der Waals surface area contributed by atoms with Crippen LogP contribution in [0.25, 0.3) is 11.1 Å². The lowest BCUT2D eigenvalue weighted by Gasteiger charge is -2.10. The predicted molar refractivity (Wildman–Crippen MR) is 98.7 cm³/mol. The molecule has 2 amide bonds. The fraction of sp³-hybridized carbons (Fsp3) is 0.200. The van der Waals surface area contributed by atoms with Crippen molar-refractivity contribution in [2.24, 2.45) is 5.18 Å². The largest absolute Gasteiger partial charge is 0.497 e. The molecule has 0 atom stereocenters. The molecule has 3 rings (SSSR count). The second-order valence-corrected chi connectivity index (χ2v) is 6.09. The van der Waals surface area contributed by atoms with Crippen LogP contribution in [0, 0.1) is 10.7 Å². The van der Waals surface area contributed by atoms with E-state index in [0.717, 1.165) is 5.56 Å². The zero-order valence-electron chi connectivity index (χ0n) is 14.6. The van der Waals surface area contributed by atoms with Gasteiger partial charge >= 0.3 is 5.91 Å². The van der Waals surface area contributed by atoms with Crippen LogP contribution in [-0.4, -0.2) is 18.9 Å². The van der Waals surface area contributed by atoms with Gasteiger partial charge in [0.05, 0.1) is 12.8 Å². The molecule has 0 saturated heterocycles. The number of nitrogens with zero attached hydrogens (tertiary/aromatic N) is 1. The first-order chi connectivity index (χ1) is 13.0. The normalized spacial score (nSPS) is 13.4. The van der Waals surface area contributed by atoms with Gasteiger partial charge in [0.2, 0.25) is 0 Å². The summed E-state index contributed by atoms with van der Waals surface area (Å²) < 4.78 is 19.7. The molecule has 0 aromatic heterocycles. The summed E-state index contributed by atoms with van der Waals surface area (Å²) >= 11 is 0. The number of anilines is 1. The molecule has 2 aromatic rings. The zero-order chi connectivity index (χ0) is 19.4. The number of rotatable bonds is 5. The molecular weight excluding hydrogens is 351 g/mol. The van der Waals surface area contributed by atoms with Crippen molar-refractivity contribution in [1.29, 1.82) is 0 Å². The molecule has 0 saturated carbocycles. The molecule has 0 heterocycles. The van der Waals surface area contributed by atoms with Crippen molar-refractivity contribution in [3.05, 3.63) is 64.3 Å². The van der Waals surface area contributed by atoms with Crippen molar-refractivity contribution in [3.8, 4) is 16.9 Å². The van der Waals surface area contributed by atoms with Crippen LogP contribution in [0.4, 0.5) is 10.1 Å². The minimum atomic E-state index is -0.938. The number of ether oxygens (including phenoxy) is 1. The van der Waals surface area contributed by atoms with E-state index in [1.807, 2.05) is 6.07 Å². The van der Waals surface area contributed by atoms with E-state index in [0.29, 0.717) is 30.6 Å². The number of nitrogens with one attached hydrogen (secondary N) is 1. The first-order valence-corrected chi connectivity index (χ1v) is 8.38. The van der Waals surface area contributed by atoms with Gasteiger partial charge in [-0.1, -0.05) is 18.2 Å². The number of carbonyl (C=O) groups excluding carboxylic acids is 2. The summed E-state index contributed by atoms with van der Waals surface area (Å²) in [4.78, 5) is 34.3. The monoisotopic (exact) mass is 368 g/mol. The van der Waals surface area contributed by atoms with Gasteiger partial charge in [-0.05, 0) is 54.7 Å². The molecule has 0 aliphatic heterocycles. The Hall–Kier alpha value is -3.35. The zero-order valence-corrected chi connectivity index (χ0v) is 14.6. The van der Waals surface area contributed by atoms with E-state index >= 15 is 0 Å². The third kappa shape index (κ3) is 3.92. The van der Waals surface area contributed by atoms with Crippen molar-refractivity contribution in [2.45, 2.75) is 19.3 Å². The van der Waals surface area contributed by atoms with Crippen LogP contribution in [0.1, 0.15) is 19.3 Å². The van der Waals surface area contributed by atoms with Crippen LogP contribution >= 0.6 is 0 Å². The Balaban J connectivity index is 1.83. The van der Waals surface area contributed by atoms with Gasteiger partial charge in [0.25, 0.3) is 5.91 Å². The molecule has 0 radical (unpaired) electrons. The van der Waals surface area contributed by atoms with E-state index in [2.05, 4.69) is 10.5 Å². The van der Waals surface area contributed by atoms with Crippen LogP contribution < -0.4 is 10.1 Å². The molecule has 0 spiro atoms. The van der Waals surface area contributed by atoms with Gasteiger partial charge in [-0.15, -0.1) is 4.91 Å². The maximum atomic E-state index is 14.5. The van der Waals surface area contributed by atoms with Crippen molar-refractivity contribution in [3.63, 3.8) is 0 Å². The average molecular weight is 368 g/mol. The number of benzene rings is 2. The standard InChI is InChI=1S/C20H17FN2O4/c1-27-14-5-2-4-12(10-14)13-8-9-18(17(21)11-13)22-19(24)15-6-3-7-16(15)20(25)23-26/h2,4-5,8-11H,3,6-7H2,1H3,(H,22,24). The molecule has 1 aliphatic carbocycles. The summed E-state index contributed by atoms with van der Waals surface area (Å²) in [6.07, 6.45) is 1.26. The van der Waals surface area contributed by atoms with E-state index < -0.39 is 17.6 Å². The van der Waals surface area contributed by atoms with Gasteiger partial charge in [-0.3, -0.25) is 9.59 Å². The number of hydrogen-bond acceptors (Lipinski definition) is 4. The average Bonchev–Trinajstić information content (AvgIpc) is 3.19. The van der Waals surface area contributed by atoms with E-state index in [4.69, 9.17) is 4.74 Å². The molecule has 0 fully saturated rings. The summed E-state index contributed by atoms with van der Waals surface area (Å²) in [6, 6.07) is 11.6. The van der Waals surface area contributed by atoms with Gasteiger partial charge in [0.1, 0.15) is 11.6 Å². The fourth-order valence-electron chi connectivity index (χ4n) is 3.08. The highest BCUT2D eigenvalue weighted by atomic mass is 19.1. The molecule has 138 valence electrons. The summed E-state index contributed by atoms with van der Waals surface area (Å²) in [5.74, 6) is -1.48. The second kappa shape index (κ2) is 7.90. The van der Waals surface area contributed by atoms with Crippen molar-refractivity contribution in [2.75, 3.05) is 12.4 Å². The summed E-state index contributed by atoms with van der Waals surface area (Å²) in [5, 5.41) is 4.85. The molecule has 2 aromatic carbocycles. The highest BCUT2D eigenvalue weighted by Crippen LogP contribution is 2.30. The molecule has 0 unspecified atom stereocenters. The maximum Gasteiger partial charge on any atom is 0.313 e. The smallest absolute Gasteiger partial charge is 0.313 e. The predicted octanol–water partition coefficient (Wildman–Crippen LogP) is 4.21. The van der Waals surface area contributed by atoms with Crippen LogP contribution in [0.15, 0.2) is 58.8 Å². The highest BCUT2D eigenvalue weighted by molar-refractivity contribution is 6.10. The van der Waals surface area contributed by atoms with E-state index in [1.54, 1.807) is 31.4 Å². The highest BCUT2D eigenvalue weighted by Gasteiger charge is 2.26. The minimum Gasteiger partial charge on any atom is -0.497 e. The molecule has 7 heteroatoms. The van der Waals surface area contributed by atoms with Gasteiger partial charge in [0, 0.05) is 16.3 Å². The Morgan fingerprint density at radius 2 is 1.81 bits per heavy atom. The van der Waals surface area contributed by atoms with Crippen LogP contribution in [0.2, 0.25) is 0 Å². The number of halogens is 1. The first kappa shape index (κ1) is 18.4. The number of nitroso groups, excluding NO2 is 1. The van der Waals surface area contributed by atoms with Crippen LogP contribution in [0.3, 0.4) is 0 Å². The summed E-state index contributed by atoms with van der Waals surface area (Å²) in [7, 11) is 1.55. The fourth-order valence-corrected chi connectivity index (χ4v) is 3.08. The molecule has 6 nitrogen and oxygen atoms in total. The Kier molecular flexibility index (Phi) is 5.40. The second-order valence-electron chi connectivity index (χ2n) is 6.09. The lowest BCUT2D eigenvalue weighted by Crippen LogP contribution is -2.16. The maximum absolute atomic E-state index is 14.5. The number of methoxy groups -OCH3 is 1. The molecule has 1 N–H and O–H groups in total. The SMILES string of the molecule is COc1cccc(-c2ccc(NC(=O)C3=C(C(=O)N=O)CCC3)c(F)c2)c1. The third-order valence-corrected chi connectivity index (χ3v) is 4.45. The van der Waals surface area contributed by atoms with E-state index in [1.165, 1.54) is 12.1 Å². The quantitative estimate of drug-likeness (QED) is 0.801. The summed E-state index contributed by atoms with van der Waals surface area (Å²) in [5.41, 5.74) is 1.70. The minimum absolute atomic E-state index is 0.00286. The van der Waals surface area contributed by atoms with Crippen molar-refractivity contribution >= 4 is 17.5 Å². The number of hydrogen-bond donors (Lipinski definition) is 1. The van der Waals surface area contributed by atoms with E-state index in [9.17, 15) is 18.9 Å². The molecular formula is C20H17FN2O4.